The zero-order chi connectivity index (χ0) is 10.6. The molecule has 0 aromatic heterocycles. The Balaban J connectivity index is 2.60. The molecule has 0 amide bonds. The minimum Gasteiger partial charge on any atom is -0.465 e. The molecule has 78 valence electrons. The van der Waals surface area contributed by atoms with Gasteiger partial charge in [-0.15, -0.1) is 6.42 Å². The molecule has 1 aliphatic carbocycles. The van der Waals surface area contributed by atoms with Gasteiger partial charge >= 0.3 is 5.97 Å². The second-order valence-electron chi connectivity index (χ2n) is 3.75. The van der Waals surface area contributed by atoms with Gasteiger partial charge in [0.15, 0.2) is 0 Å². The molecule has 1 N–H and O–H groups in total. The Hall–Kier alpha value is -1.01. The molecule has 3 heteroatoms. The first-order valence-electron chi connectivity index (χ1n) is 5.00. The number of esters is 1. The van der Waals surface area contributed by atoms with E-state index in [1.54, 1.807) is 0 Å². The van der Waals surface area contributed by atoms with Gasteiger partial charge < -0.3 is 4.74 Å². The highest BCUT2D eigenvalue weighted by Crippen LogP contribution is 2.40. The van der Waals surface area contributed by atoms with Crippen molar-refractivity contribution in [1.82, 2.24) is 5.32 Å². The largest absolute Gasteiger partial charge is 0.465 e. The van der Waals surface area contributed by atoms with E-state index in [1.165, 1.54) is 0 Å². The van der Waals surface area contributed by atoms with Crippen LogP contribution in [0.3, 0.4) is 0 Å². The van der Waals surface area contributed by atoms with E-state index in [2.05, 4.69) is 11.2 Å². The zero-order valence-corrected chi connectivity index (χ0v) is 8.80. The predicted molar refractivity (Wildman–Crippen MR) is 54.6 cm³/mol. The molecular weight excluding hydrogens is 178 g/mol. The third kappa shape index (κ3) is 2.27. The lowest BCUT2D eigenvalue weighted by atomic mass is 9.96. The summed E-state index contributed by atoms with van der Waals surface area (Å²) >= 11 is 0. The lowest BCUT2D eigenvalue weighted by Crippen LogP contribution is -2.52. The van der Waals surface area contributed by atoms with Crippen LogP contribution < -0.4 is 5.32 Å². The van der Waals surface area contributed by atoms with Gasteiger partial charge in [-0.3, -0.25) is 10.1 Å². The Bertz CT molecular complexity index is 253. The summed E-state index contributed by atoms with van der Waals surface area (Å²) in [7, 11) is 0. The van der Waals surface area contributed by atoms with Crippen molar-refractivity contribution in [3.05, 3.63) is 0 Å². The molecule has 1 saturated carbocycles. The van der Waals surface area contributed by atoms with Crippen molar-refractivity contribution < 1.29 is 9.53 Å². The molecule has 1 rings (SSSR count). The molecule has 0 aliphatic heterocycles. The van der Waals surface area contributed by atoms with Crippen LogP contribution in [0.15, 0.2) is 0 Å². The molecule has 0 saturated heterocycles. The van der Waals surface area contributed by atoms with Crippen LogP contribution in [0, 0.1) is 18.3 Å². The highest BCUT2D eigenvalue weighted by atomic mass is 16.5. The van der Waals surface area contributed by atoms with Crippen molar-refractivity contribution in [3.63, 3.8) is 0 Å². The molecule has 0 aromatic carbocycles. The quantitative estimate of drug-likeness (QED) is 0.524. The third-order valence-corrected chi connectivity index (χ3v) is 2.65. The second-order valence-corrected chi connectivity index (χ2v) is 3.75. The van der Waals surface area contributed by atoms with Crippen molar-refractivity contribution in [2.24, 2.45) is 5.92 Å². The smallest absolute Gasteiger partial charge is 0.326 e. The zero-order valence-electron chi connectivity index (χ0n) is 8.80. The van der Waals surface area contributed by atoms with Crippen molar-refractivity contribution in [1.29, 1.82) is 0 Å². The van der Waals surface area contributed by atoms with Gasteiger partial charge in [0.2, 0.25) is 0 Å². The predicted octanol–water partition coefficient (Wildman–Crippen LogP) is 0.941. The van der Waals surface area contributed by atoms with Crippen LogP contribution in [-0.4, -0.2) is 24.7 Å². The van der Waals surface area contributed by atoms with Crippen molar-refractivity contribution in [2.75, 3.05) is 13.2 Å². The molecule has 0 radical (unpaired) electrons. The Morgan fingerprint density at radius 3 is 2.79 bits per heavy atom. The van der Waals surface area contributed by atoms with Crippen LogP contribution in [0.4, 0.5) is 0 Å². The van der Waals surface area contributed by atoms with Gasteiger partial charge in [-0.2, -0.15) is 0 Å². The third-order valence-electron chi connectivity index (χ3n) is 2.65. The molecule has 0 bridgehead atoms. The van der Waals surface area contributed by atoms with Gasteiger partial charge in [0.05, 0.1) is 13.2 Å². The maximum atomic E-state index is 11.7. The fraction of sp³-hybridized carbons (Fsp3) is 0.727. The van der Waals surface area contributed by atoms with E-state index in [9.17, 15) is 4.79 Å². The molecule has 0 heterocycles. The van der Waals surface area contributed by atoms with E-state index in [0.717, 1.165) is 12.8 Å². The van der Waals surface area contributed by atoms with Crippen molar-refractivity contribution in [2.45, 2.75) is 32.2 Å². The first-order valence-corrected chi connectivity index (χ1v) is 5.00. The highest BCUT2D eigenvalue weighted by molar-refractivity contribution is 5.81. The van der Waals surface area contributed by atoms with Gasteiger partial charge in [-0.1, -0.05) is 5.92 Å². The number of rotatable bonds is 5. The van der Waals surface area contributed by atoms with E-state index in [4.69, 9.17) is 11.2 Å². The lowest BCUT2D eigenvalue weighted by Gasteiger charge is -2.27. The number of carbonyl (C=O) groups excluding carboxylic acids is 1. The molecule has 0 aromatic rings. The van der Waals surface area contributed by atoms with Gasteiger partial charge in [0, 0.05) is 0 Å². The molecule has 1 unspecified atom stereocenters. The molecule has 1 atom stereocenters. The Labute approximate surface area is 85.2 Å². The molecule has 14 heavy (non-hydrogen) atoms. The summed E-state index contributed by atoms with van der Waals surface area (Å²) in [4.78, 5) is 11.7. The first kappa shape index (κ1) is 11.1. The molecule has 3 nitrogen and oxygen atoms in total. The average Bonchev–Trinajstić information content (AvgIpc) is 2.97. The lowest BCUT2D eigenvalue weighted by molar-refractivity contribution is -0.151. The standard InChI is InChI=1S/C11H17NO2/c1-4-8-12-11(3,9-6-7-9)10(13)14-5-2/h1,9,12H,5-8H2,2-3H3. The molecule has 1 aliphatic rings. The van der Waals surface area contributed by atoms with Crippen molar-refractivity contribution in [3.8, 4) is 12.3 Å². The molecule has 1 fully saturated rings. The van der Waals surface area contributed by atoms with Crippen LogP contribution in [-0.2, 0) is 9.53 Å². The highest BCUT2D eigenvalue weighted by Gasteiger charge is 2.47. The van der Waals surface area contributed by atoms with Gasteiger partial charge in [0.1, 0.15) is 5.54 Å². The first-order chi connectivity index (χ1) is 6.65. The van der Waals surface area contributed by atoms with E-state index in [0.29, 0.717) is 19.1 Å². The van der Waals surface area contributed by atoms with Crippen LogP contribution >= 0.6 is 0 Å². The summed E-state index contributed by atoms with van der Waals surface area (Å²) in [5.41, 5.74) is -0.581. The normalized spacial score (nSPS) is 19.5. The minimum absolute atomic E-state index is 0.183. The van der Waals surface area contributed by atoms with E-state index >= 15 is 0 Å². The molecule has 0 spiro atoms. The second kappa shape index (κ2) is 4.47. The minimum atomic E-state index is -0.581. The van der Waals surface area contributed by atoms with E-state index in [-0.39, 0.29) is 5.97 Å². The van der Waals surface area contributed by atoms with Crippen LogP contribution in [0.1, 0.15) is 26.7 Å². The Morgan fingerprint density at radius 1 is 1.71 bits per heavy atom. The number of hydrogen-bond donors (Lipinski definition) is 1. The van der Waals surface area contributed by atoms with E-state index < -0.39 is 5.54 Å². The number of hydrogen-bond acceptors (Lipinski definition) is 3. The maximum Gasteiger partial charge on any atom is 0.326 e. The summed E-state index contributed by atoms with van der Waals surface area (Å²) in [6, 6.07) is 0. The summed E-state index contributed by atoms with van der Waals surface area (Å²) < 4.78 is 5.04. The summed E-state index contributed by atoms with van der Waals surface area (Å²) in [5.74, 6) is 2.69. The van der Waals surface area contributed by atoms with Gasteiger partial charge in [0.25, 0.3) is 0 Å². The van der Waals surface area contributed by atoms with Crippen LogP contribution in [0.25, 0.3) is 0 Å². The average molecular weight is 195 g/mol. The van der Waals surface area contributed by atoms with Crippen LogP contribution in [0.2, 0.25) is 0 Å². The maximum absolute atomic E-state index is 11.7. The number of carbonyl (C=O) groups is 1. The number of ether oxygens (including phenoxy) is 1. The summed E-state index contributed by atoms with van der Waals surface area (Å²) in [6.07, 6.45) is 7.32. The fourth-order valence-corrected chi connectivity index (χ4v) is 1.56. The summed E-state index contributed by atoms with van der Waals surface area (Å²) in [5, 5.41) is 3.08. The van der Waals surface area contributed by atoms with Crippen molar-refractivity contribution >= 4 is 5.97 Å². The number of terminal acetylenes is 1. The summed E-state index contributed by atoms with van der Waals surface area (Å²) in [6.45, 7) is 4.51. The van der Waals surface area contributed by atoms with E-state index in [1.807, 2.05) is 13.8 Å². The SMILES string of the molecule is C#CCNC(C)(C(=O)OCC)C1CC1. The Morgan fingerprint density at radius 2 is 2.36 bits per heavy atom. The Kier molecular flexibility index (Phi) is 3.54. The number of nitrogens with one attached hydrogen (secondary N) is 1. The topological polar surface area (TPSA) is 38.3 Å². The monoisotopic (exact) mass is 195 g/mol. The van der Waals surface area contributed by atoms with Crippen LogP contribution in [0.5, 0.6) is 0 Å². The van der Waals surface area contributed by atoms with Gasteiger partial charge in [-0.25, -0.2) is 0 Å². The van der Waals surface area contributed by atoms with Gasteiger partial charge in [-0.05, 0) is 32.6 Å². The fourth-order valence-electron chi connectivity index (χ4n) is 1.56. The molecular formula is C11H17NO2.